The van der Waals surface area contributed by atoms with Crippen LogP contribution in [-0.4, -0.2) is 19.9 Å². The van der Waals surface area contributed by atoms with E-state index < -0.39 is 0 Å². The van der Waals surface area contributed by atoms with Crippen LogP contribution in [0.2, 0.25) is 0 Å². The number of aromatic nitrogens is 4. The average molecular weight is 654 g/mol. The van der Waals surface area contributed by atoms with Crippen molar-refractivity contribution < 1.29 is 4.42 Å². The van der Waals surface area contributed by atoms with Crippen molar-refractivity contribution in [1.29, 1.82) is 5.26 Å². The molecule has 3 aromatic heterocycles. The minimum atomic E-state index is 0.566. The third kappa shape index (κ3) is 5.79. The number of hydrogen-bond donors (Lipinski definition) is 0. The fourth-order valence-electron chi connectivity index (χ4n) is 6.44. The Morgan fingerprint density at radius 2 is 0.922 bits per heavy atom. The summed E-state index contributed by atoms with van der Waals surface area (Å²) in [5.74, 6) is 1.78. The Morgan fingerprint density at radius 1 is 0.412 bits per heavy atom. The molecule has 3 heterocycles. The van der Waals surface area contributed by atoms with Gasteiger partial charge in [0.2, 0.25) is 0 Å². The van der Waals surface area contributed by atoms with Gasteiger partial charge in [-0.3, -0.25) is 4.98 Å². The first-order valence-corrected chi connectivity index (χ1v) is 16.6. The van der Waals surface area contributed by atoms with Crippen LogP contribution in [0.15, 0.2) is 168 Å². The second kappa shape index (κ2) is 12.7. The van der Waals surface area contributed by atoms with Gasteiger partial charge in [-0.25, -0.2) is 15.0 Å². The van der Waals surface area contributed by atoms with Gasteiger partial charge in [0.15, 0.2) is 17.5 Å². The molecule has 0 saturated carbocycles. The Bertz CT molecular complexity index is 2680. The number of pyridine rings is 1. The molecule has 6 nitrogen and oxygen atoms in total. The zero-order chi connectivity index (χ0) is 34.1. The van der Waals surface area contributed by atoms with E-state index in [2.05, 4.69) is 77.8 Å². The summed E-state index contributed by atoms with van der Waals surface area (Å²) in [6.07, 6.45) is 3.66. The van der Waals surface area contributed by atoms with E-state index in [4.69, 9.17) is 19.4 Å². The molecule has 0 saturated heterocycles. The van der Waals surface area contributed by atoms with Crippen LogP contribution in [0.25, 0.3) is 89.5 Å². The van der Waals surface area contributed by atoms with Crippen LogP contribution < -0.4 is 0 Å². The molecule has 6 aromatic carbocycles. The predicted octanol–water partition coefficient (Wildman–Crippen LogP) is 11.0. The van der Waals surface area contributed by atoms with Gasteiger partial charge >= 0.3 is 0 Å². The quantitative estimate of drug-likeness (QED) is 0.177. The summed E-state index contributed by atoms with van der Waals surface area (Å²) >= 11 is 0. The molecule has 0 N–H and O–H groups in total. The molecule has 0 spiro atoms. The van der Waals surface area contributed by atoms with Gasteiger partial charge in [0.05, 0.1) is 11.6 Å². The molecule has 6 heteroatoms. The molecular weight excluding hydrogens is 627 g/mol. The fraction of sp³-hybridized carbons (Fsp3) is 0. The van der Waals surface area contributed by atoms with Gasteiger partial charge in [-0.15, -0.1) is 0 Å². The second-order valence-electron chi connectivity index (χ2n) is 12.3. The van der Waals surface area contributed by atoms with E-state index in [1.54, 1.807) is 12.3 Å². The van der Waals surface area contributed by atoms with Crippen LogP contribution in [0.4, 0.5) is 0 Å². The second-order valence-corrected chi connectivity index (χ2v) is 12.3. The van der Waals surface area contributed by atoms with Crippen LogP contribution in [0.1, 0.15) is 5.56 Å². The molecule has 0 amide bonds. The monoisotopic (exact) mass is 653 g/mol. The molecule has 0 aliphatic rings. The van der Waals surface area contributed by atoms with Crippen molar-refractivity contribution in [1.82, 2.24) is 19.9 Å². The SMILES string of the molecule is N#Cc1ccc2c(c1)oc1cc(-c3cc(-c4ccc(-c5cccnc5)cc4)cc(-c4nc(-c5ccccc5)nc(-c5ccccc5)n4)c3)ccc12. The van der Waals surface area contributed by atoms with Crippen molar-refractivity contribution in [2.24, 2.45) is 0 Å². The van der Waals surface area contributed by atoms with Gasteiger partial charge in [-0.1, -0.05) is 97.1 Å². The maximum absolute atomic E-state index is 9.43. The lowest BCUT2D eigenvalue weighted by Crippen LogP contribution is -2.00. The average Bonchev–Trinajstić information content (AvgIpc) is 3.58. The molecule has 238 valence electrons. The third-order valence-corrected chi connectivity index (χ3v) is 9.04. The molecule has 0 aliphatic carbocycles. The highest BCUT2D eigenvalue weighted by atomic mass is 16.3. The van der Waals surface area contributed by atoms with Gasteiger partial charge < -0.3 is 4.42 Å². The number of rotatable bonds is 6. The van der Waals surface area contributed by atoms with Crippen LogP contribution in [0.5, 0.6) is 0 Å². The van der Waals surface area contributed by atoms with E-state index in [1.807, 2.05) is 85.1 Å². The van der Waals surface area contributed by atoms with E-state index in [0.717, 1.165) is 66.4 Å². The van der Waals surface area contributed by atoms with Crippen LogP contribution in [0, 0.1) is 11.3 Å². The smallest absolute Gasteiger partial charge is 0.164 e. The Labute approximate surface area is 294 Å². The Balaban J connectivity index is 1.23. The zero-order valence-electron chi connectivity index (χ0n) is 27.2. The molecule has 9 aromatic rings. The van der Waals surface area contributed by atoms with Gasteiger partial charge in [-0.05, 0) is 88.0 Å². The predicted molar refractivity (Wildman–Crippen MR) is 202 cm³/mol. The highest BCUT2D eigenvalue weighted by molar-refractivity contribution is 6.06. The zero-order valence-corrected chi connectivity index (χ0v) is 27.2. The van der Waals surface area contributed by atoms with Gasteiger partial charge in [-0.2, -0.15) is 5.26 Å². The Morgan fingerprint density at radius 3 is 1.53 bits per heavy atom. The molecular formula is C45H27N5O. The van der Waals surface area contributed by atoms with Crippen molar-refractivity contribution in [3.05, 3.63) is 170 Å². The number of furan rings is 1. The van der Waals surface area contributed by atoms with Crippen LogP contribution >= 0.6 is 0 Å². The molecule has 0 aliphatic heterocycles. The summed E-state index contributed by atoms with van der Waals surface area (Å²) in [5.41, 5.74) is 10.9. The van der Waals surface area contributed by atoms with E-state index in [0.29, 0.717) is 28.6 Å². The summed E-state index contributed by atoms with van der Waals surface area (Å²) in [6.45, 7) is 0. The number of nitrogens with zero attached hydrogens (tertiary/aromatic N) is 5. The van der Waals surface area contributed by atoms with E-state index in [-0.39, 0.29) is 0 Å². The number of benzene rings is 6. The summed E-state index contributed by atoms with van der Waals surface area (Å²) in [7, 11) is 0. The summed E-state index contributed by atoms with van der Waals surface area (Å²) in [6, 6.07) is 53.0. The lowest BCUT2D eigenvalue weighted by molar-refractivity contribution is 0.669. The molecule has 9 rings (SSSR count). The minimum Gasteiger partial charge on any atom is -0.456 e. The van der Waals surface area contributed by atoms with Crippen LogP contribution in [0.3, 0.4) is 0 Å². The van der Waals surface area contributed by atoms with Crippen LogP contribution in [-0.2, 0) is 0 Å². The lowest BCUT2D eigenvalue weighted by atomic mass is 9.94. The topological polar surface area (TPSA) is 88.5 Å². The van der Waals surface area contributed by atoms with Crippen molar-refractivity contribution in [2.75, 3.05) is 0 Å². The lowest BCUT2D eigenvalue weighted by Gasteiger charge is -2.13. The molecule has 51 heavy (non-hydrogen) atoms. The van der Waals surface area contributed by atoms with Crippen molar-refractivity contribution >= 4 is 21.9 Å². The number of fused-ring (bicyclic) bond motifs is 3. The first kappa shape index (κ1) is 29.9. The highest BCUT2D eigenvalue weighted by Crippen LogP contribution is 2.37. The number of nitriles is 1. The van der Waals surface area contributed by atoms with Gasteiger partial charge in [0.25, 0.3) is 0 Å². The first-order chi connectivity index (χ1) is 25.2. The maximum Gasteiger partial charge on any atom is 0.164 e. The molecule has 0 bridgehead atoms. The van der Waals surface area contributed by atoms with Gasteiger partial charge in [0, 0.05) is 39.9 Å². The Hall–Kier alpha value is -7.23. The maximum atomic E-state index is 9.43. The first-order valence-electron chi connectivity index (χ1n) is 16.6. The summed E-state index contributed by atoms with van der Waals surface area (Å²) < 4.78 is 6.28. The largest absolute Gasteiger partial charge is 0.456 e. The highest BCUT2D eigenvalue weighted by Gasteiger charge is 2.16. The summed E-state index contributed by atoms with van der Waals surface area (Å²) in [5, 5.41) is 11.4. The van der Waals surface area contributed by atoms with Crippen molar-refractivity contribution in [3.8, 4) is 73.6 Å². The normalized spacial score (nSPS) is 11.1. The van der Waals surface area contributed by atoms with Crippen molar-refractivity contribution in [2.45, 2.75) is 0 Å². The Kier molecular flexibility index (Phi) is 7.42. The van der Waals surface area contributed by atoms with Gasteiger partial charge in [0.1, 0.15) is 11.2 Å². The number of hydrogen-bond acceptors (Lipinski definition) is 6. The standard InChI is InChI=1S/C45H27N5O/c46-27-29-13-19-39-40-20-18-34(26-42(40)51-41(39)22-29)37-23-36(31-16-14-30(15-17-31)35-12-7-21-47-28-35)24-38(25-37)45-49-43(32-8-3-1-4-9-32)48-44(50-45)33-10-5-2-6-11-33/h1-26,28H. The van der Waals surface area contributed by atoms with Crippen molar-refractivity contribution in [3.63, 3.8) is 0 Å². The molecule has 0 atom stereocenters. The third-order valence-electron chi connectivity index (χ3n) is 9.04. The van der Waals surface area contributed by atoms with E-state index in [1.165, 1.54) is 0 Å². The summed E-state index contributed by atoms with van der Waals surface area (Å²) in [4.78, 5) is 19.3. The van der Waals surface area contributed by atoms with E-state index in [9.17, 15) is 5.26 Å². The molecule has 0 fully saturated rings. The molecule has 0 radical (unpaired) electrons. The minimum absolute atomic E-state index is 0.566. The van der Waals surface area contributed by atoms with E-state index >= 15 is 0 Å². The fourth-order valence-corrected chi connectivity index (χ4v) is 6.44. The molecule has 0 unspecified atom stereocenters.